The third-order valence-electron chi connectivity index (χ3n) is 6.21. The van der Waals surface area contributed by atoms with E-state index in [-0.39, 0.29) is 11.6 Å². The molecule has 1 saturated heterocycles. The molecule has 3 amide bonds. The number of amides is 3. The number of alkyl halides is 3. The Morgan fingerprint density at radius 1 is 1.12 bits per heavy atom. The number of hydrogen-bond acceptors (Lipinski definition) is 5. The lowest BCUT2D eigenvalue weighted by molar-refractivity contribution is -0.274. The second kappa shape index (κ2) is 7.09. The molecule has 2 heterocycles. The first-order valence-corrected chi connectivity index (χ1v) is 10.3. The van der Waals surface area contributed by atoms with Crippen molar-refractivity contribution >= 4 is 39.9 Å². The van der Waals surface area contributed by atoms with Crippen LogP contribution in [-0.2, 0) is 4.79 Å². The summed E-state index contributed by atoms with van der Waals surface area (Å²) in [5.74, 6) is -0.918. The van der Waals surface area contributed by atoms with Gasteiger partial charge in [-0.15, -0.1) is 13.2 Å². The van der Waals surface area contributed by atoms with E-state index in [0.29, 0.717) is 23.0 Å². The zero-order valence-electron chi connectivity index (χ0n) is 17.7. The zero-order valence-corrected chi connectivity index (χ0v) is 17.7. The van der Waals surface area contributed by atoms with Crippen molar-refractivity contribution < 1.29 is 27.5 Å². The summed E-state index contributed by atoms with van der Waals surface area (Å²) in [6.07, 6.45) is -2.76. The first kappa shape index (κ1) is 21.0. The van der Waals surface area contributed by atoms with Crippen LogP contribution in [0.4, 0.5) is 35.0 Å². The van der Waals surface area contributed by atoms with Gasteiger partial charge in [-0.05, 0) is 48.7 Å². The van der Waals surface area contributed by atoms with E-state index in [1.165, 1.54) is 17.0 Å². The number of rotatable bonds is 4. The summed E-state index contributed by atoms with van der Waals surface area (Å²) in [6, 6.07) is 11.4. The average Bonchev–Trinajstić information content (AvgIpc) is 3.39. The number of imide groups is 1. The molecule has 7 nitrogen and oxygen atoms in total. The van der Waals surface area contributed by atoms with Gasteiger partial charge in [-0.1, -0.05) is 19.1 Å². The van der Waals surface area contributed by atoms with Crippen molar-refractivity contribution in [2.75, 3.05) is 22.2 Å². The molecule has 10 heteroatoms. The maximum Gasteiger partial charge on any atom is 0.573 e. The molecule has 2 aliphatic rings. The number of nitrogens with one attached hydrogen (secondary N) is 1. The number of carbonyl (C=O) groups is 2. The first-order valence-electron chi connectivity index (χ1n) is 10.3. The minimum absolute atomic E-state index is 0.0810. The van der Waals surface area contributed by atoms with Gasteiger partial charge >= 0.3 is 12.4 Å². The fourth-order valence-electron chi connectivity index (χ4n) is 4.57. The van der Waals surface area contributed by atoms with Gasteiger partial charge in [-0.3, -0.25) is 14.7 Å². The molecular weight excluding hydrogens is 437 g/mol. The highest BCUT2D eigenvalue weighted by Gasteiger charge is 2.70. The van der Waals surface area contributed by atoms with E-state index >= 15 is 0 Å². The van der Waals surface area contributed by atoms with Crippen molar-refractivity contribution in [3.05, 3.63) is 54.7 Å². The first-order chi connectivity index (χ1) is 15.7. The summed E-state index contributed by atoms with van der Waals surface area (Å²) in [5.41, 5.74) is 1.13. The summed E-state index contributed by atoms with van der Waals surface area (Å²) in [5, 5.41) is 3.78. The predicted molar refractivity (Wildman–Crippen MR) is 116 cm³/mol. The number of anilines is 3. The van der Waals surface area contributed by atoms with Crippen LogP contribution < -0.4 is 19.9 Å². The van der Waals surface area contributed by atoms with Crippen molar-refractivity contribution in [2.24, 2.45) is 5.92 Å². The number of benzene rings is 2. The predicted octanol–water partition coefficient (Wildman–Crippen LogP) is 4.93. The molecule has 2 aromatic carbocycles. The van der Waals surface area contributed by atoms with Crippen LogP contribution in [0.3, 0.4) is 0 Å². The van der Waals surface area contributed by atoms with E-state index < -0.39 is 29.6 Å². The van der Waals surface area contributed by atoms with Gasteiger partial charge in [0.15, 0.2) is 0 Å². The van der Waals surface area contributed by atoms with E-state index in [4.69, 9.17) is 0 Å². The molecule has 2 unspecified atom stereocenters. The monoisotopic (exact) mass is 456 g/mol. The van der Waals surface area contributed by atoms with Crippen molar-refractivity contribution in [2.45, 2.75) is 25.2 Å². The third kappa shape index (κ3) is 3.16. The molecule has 0 radical (unpaired) electrons. The fourth-order valence-corrected chi connectivity index (χ4v) is 4.57. The number of pyridine rings is 1. The second-order valence-electron chi connectivity index (χ2n) is 8.11. The van der Waals surface area contributed by atoms with Gasteiger partial charge in [0.2, 0.25) is 0 Å². The smallest absolute Gasteiger partial charge is 0.406 e. The molecule has 2 atom stereocenters. The lowest BCUT2D eigenvalue weighted by Crippen LogP contribution is -2.39. The highest BCUT2D eigenvalue weighted by molar-refractivity contribution is 6.33. The molecule has 1 saturated carbocycles. The number of urea groups is 1. The SMILES string of the molecule is CNc1cccc2c(N3C(=O)N(c4ccc(OC(F)(F)F)cc4)C(=O)C34CC4C)ccnc12. The van der Waals surface area contributed by atoms with Crippen molar-refractivity contribution in [3.8, 4) is 5.75 Å². The Bertz CT molecular complexity index is 1280. The van der Waals surface area contributed by atoms with E-state index in [2.05, 4.69) is 15.0 Å². The zero-order chi connectivity index (χ0) is 23.5. The number of para-hydroxylation sites is 1. The summed E-state index contributed by atoms with van der Waals surface area (Å²) in [4.78, 5) is 34.1. The van der Waals surface area contributed by atoms with Crippen LogP contribution in [-0.4, -0.2) is 35.9 Å². The van der Waals surface area contributed by atoms with Gasteiger partial charge in [0.25, 0.3) is 5.91 Å². The van der Waals surface area contributed by atoms with Crippen molar-refractivity contribution in [1.82, 2.24) is 4.98 Å². The van der Waals surface area contributed by atoms with E-state index in [1.807, 2.05) is 25.1 Å². The highest BCUT2D eigenvalue weighted by atomic mass is 19.4. The number of ether oxygens (including phenoxy) is 1. The molecule has 33 heavy (non-hydrogen) atoms. The van der Waals surface area contributed by atoms with Crippen LogP contribution >= 0.6 is 0 Å². The number of hydrogen-bond donors (Lipinski definition) is 1. The van der Waals surface area contributed by atoms with Gasteiger partial charge in [-0.2, -0.15) is 0 Å². The Morgan fingerprint density at radius 3 is 2.42 bits per heavy atom. The van der Waals surface area contributed by atoms with Crippen LogP contribution in [0.15, 0.2) is 54.7 Å². The van der Waals surface area contributed by atoms with Crippen LogP contribution in [0.2, 0.25) is 0 Å². The normalized spacial score (nSPS) is 22.4. The van der Waals surface area contributed by atoms with Crippen LogP contribution in [0.25, 0.3) is 10.9 Å². The minimum atomic E-state index is -4.83. The van der Waals surface area contributed by atoms with Gasteiger partial charge in [-0.25, -0.2) is 9.69 Å². The Morgan fingerprint density at radius 2 is 1.82 bits per heavy atom. The lowest BCUT2D eigenvalue weighted by atomic mass is 10.1. The molecule has 1 aromatic heterocycles. The van der Waals surface area contributed by atoms with Crippen LogP contribution in [0.1, 0.15) is 13.3 Å². The number of halogens is 3. The summed E-state index contributed by atoms with van der Waals surface area (Å²) >= 11 is 0. The fraction of sp³-hybridized carbons (Fsp3) is 0.261. The Kier molecular flexibility index (Phi) is 4.52. The van der Waals surface area contributed by atoms with Crippen LogP contribution in [0, 0.1) is 5.92 Å². The second-order valence-corrected chi connectivity index (χ2v) is 8.11. The highest BCUT2D eigenvalue weighted by Crippen LogP contribution is 2.56. The largest absolute Gasteiger partial charge is 0.573 e. The molecule has 0 bridgehead atoms. The minimum Gasteiger partial charge on any atom is -0.406 e. The van der Waals surface area contributed by atoms with E-state index in [1.54, 1.807) is 19.3 Å². The molecule has 170 valence electrons. The van der Waals surface area contributed by atoms with Gasteiger partial charge in [0, 0.05) is 18.6 Å². The molecule has 5 rings (SSSR count). The Balaban J connectivity index is 1.58. The number of fused-ring (bicyclic) bond motifs is 1. The summed E-state index contributed by atoms with van der Waals surface area (Å²) in [6.45, 7) is 1.89. The number of aromatic nitrogens is 1. The molecule has 1 aliphatic carbocycles. The van der Waals surface area contributed by atoms with Crippen molar-refractivity contribution in [1.29, 1.82) is 0 Å². The molecule has 1 spiro atoms. The molecule has 1 N–H and O–H groups in total. The van der Waals surface area contributed by atoms with Gasteiger partial charge < -0.3 is 10.1 Å². The van der Waals surface area contributed by atoms with E-state index in [9.17, 15) is 22.8 Å². The lowest BCUT2D eigenvalue weighted by Gasteiger charge is -2.24. The van der Waals surface area contributed by atoms with Gasteiger partial charge in [0.1, 0.15) is 11.3 Å². The number of nitrogens with zero attached hydrogens (tertiary/aromatic N) is 3. The molecule has 1 aliphatic heterocycles. The maximum atomic E-state index is 13.6. The molecule has 2 fully saturated rings. The quantitative estimate of drug-likeness (QED) is 0.564. The Hall–Kier alpha value is -3.82. The summed E-state index contributed by atoms with van der Waals surface area (Å²) in [7, 11) is 1.77. The maximum absolute atomic E-state index is 13.6. The van der Waals surface area contributed by atoms with Crippen molar-refractivity contribution in [3.63, 3.8) is 0 Å². The van der Waals surface area contributed by atoms with Gasteiger partial charge in [0.05, 0.1) is 22.6 Å². The third-order valence-corrected chi connectivity index (χ3v) is 6.21. The Labute approximate surface area is 186 Å². The summed E-state index contributed by atoms with van der Waals surface area (Å²) < 4.78 is 41.3. The average molecular weight is 456 g/mol. The molecule has 3 aromatic rings. The van der Waals surface area contributed by atoms with Crippen LogP contribution in [0.5, 0.6) is 5.75 Å². The standard InChI is InChI=1S/C23H19F3N4O3/c1-13-12-22(13)20(31)29(14-6-8-15(9-7-14)33-23(24,25)26)21(32)30(22)18-10-11-28-19-16(18)4-3-5-17(19)27-2/h3-11,13,27H,12H2,1-2H3. The number of carbonyl (C=O) groups excluding carboxylic acids is 2. The topological polar surface area (TPSA) is 74.8 Å². The molecular formula is C23H19F3N4O3. The van der Waals surface area contributed by atoms with E-state index in [0.717, 1.165) is 22.7 Å².